The van der Waals surface area contributed by atoms with E-state index in [2.05, 4.69) is 39.6 Å². The van der Waals surface area contributed by atoms with Crippen LogP contribution in [0.15, 0.2) is 23.8 Å². The van der Waals surface area contributed by atoms with Gasteiger partial charge in [-0.25, -0.2) is 0 Å². The van der Waals surface area contributed by atoms with Crippen molar-refractivity contribution in [2.75, 3.05) is 0 Å². The van der Waals surface area contributed by atoms with Gasteiger partial charge in [0.15, 0.2) is 5.78 Å². The van der Waals surface area contributed by atoms with Crippen LogP contribution in [0, 0.1) is 22.2 Å². The van der Waals surface area contributed by atoms with Gasteiger partial charge in [0, 0.05) is 10.6 Å². The number of carbonyl (C=O) groups excluding carboxylic acids is 1. The smallest absolute Gasteiger partial charge is 0.188 e. The molecule has 0 aromatic heterocycles. The molecule has 2 nitrogen and oxygen atoms in total. The summed E-state index contributed by atoms with van der Waals surface area (Å²) in [5.74, 6) is -0.0360. The molecule has 1 unspecified atom stereocenters. The summed E-state index contributed by atoms with van der Waals surface area (Å²) in [6.07, 6.45) is 1.70. The average molecular weight is 344 g/mol. The molecule has 1 aromatic rings. The number of Topliss-reactive ketones (excluding diaryl/α,β-unsaturated/α-hetero) is 1. The molecule has 1 atom stereocenters. The molecule has 0 heterocycles. The Hall–Kier alpha value is -1.37. The van der Waals surface area contributed by atoms with E-state index in [9.17, 15) is 10.1 Å². The summed E-state index contributed by atoms with van der Waals surface area (Å²) in [5.41, 5.74) is 1.37. The van der Waals surface area contributed by atoms with E-state index in [-0.39, 0.29) is 11.2 Å². The van der Waals surface area contributed by atoms with Gasteiger partial charge < -0.3 is 0 Å². The number of allylic oxidation sites excluding steroid dienone is 1. The van der Waals surface area contributed by atoms with Crippen LogP contribution in [-0.4, -0.2) is 13.9 Å². The van der Waals surface area contributed by atoms with Gasteiger partial charge in [0.1, 0.15) is 5.41 Å². The van der Waals surface area contributed by atoms with Crippen LogP contribution in [-0.2, 0) is 0 Å². The highest BCUT2D eigenvalue weighted by atomic mass is 35.5. The second kappa shape index (κ2) is 4.81. The molecule has 0 spiro atoms. The Bertz CT molecular complexity index is 795. The van der Waals surface area contributed by atoms with Crippen LogP contribution >= 0.6 is 11.6 Å². The van der Waals surface area contributed by atoms with E-state index in [0.29, 0.717) is 10.6 Å². The van der Waals surface area contributed by atoms with Crippen molar-refractivity contribution in [1.29, 1.82) is 5.26 Å². The van der Waals surface area contributed by atoms with Gasteiger partial charge in [0.25, 0.3) is 0 Å². The fourth-order valence-electron chi connectivity index (χ4n) is 4.39. The molecule has 0 bridgehead atoms. The highest BCUT2D eigenvalue weighted by Crippen LogP contribution is 2.62. The number of nitrogens with zero attached hydrogens (tertiary/aromatic N) is 1. The van der Waals surface area contributed by atoms with E-state index in [4.69, 9.17) is 11.6 Å². The summed E-state index contributed by atoms with van der Waals surface area (Å²) in [6, 6.07) is 7.95. The first-order chi connectivity index (χ1) is 10.6. The van der Waals surface area contributed by atoms with Gasteiger partial charge in [-0.15, -0.1) is 0 Å². The number of halogens is 1. The fraction of sp³-hybridized carbons (Fsp3) is 0.474. The van der Waals surface area contributed by atoms with Crippen molar-refractivity contribution in [2.24, 2.45) is 10.8 Å². The number of carbonyl (C=O) groups is 1. The highest BCUT2D eigenvalue weighted by molar-refractivity contribution is 6.94. The molecule has 0 radical (unpaired) electrons. The topological polar surface area (TPSA) is 40.9 Å². The Morgan fingerprint density at radius 1 is 1.22 bits per heavy atom. The van der Waals surface area contributed by atoms with Gasteiger partial charge in [-0.3, -0.25) is 4.79 Å². The van der Waals surface area contributed by atoms with E-state index >= 15 is 0 Å². The van der Waals surface area contributed by atoms with Crippen molar-refractivity contribution < 1.29 is 4.79 Å². The third-order valence-electron chi connectivity index (χ3n) is 5.52. The molecule has 1 fully saturated rings. The van der Waals surface area contributed by atoms with E-state index in [0.717, 1.165) is 24.0 Å². The number of hydrogen-bond donors (Lipinski definition) is 0. The Kier molecular flexibility index (Phi) is 3.45. The molecule has 4 heteroatoms. The maximum Gasteiger partial charge on any atom is 0.188 e. The number of benzene rings is 1. The molecule has 2 aliphatic rings. The molecule has 23 heavy (non-hydrogen) atoms. The van der Waals surface area contributed by atoms with E-state index in [1.54, 1.807) is 6.07 Å². The number of ketones is 1. The first-order valence-electron chi connectivity index (χ1n) is 8.06. The minimum absolute atomic E-state index is 0.0360. The van der Waals surface area contributed by atoms with E-state index < -0.39 is 13.5 Å². The molecule has 1 saturated carbocycles. The zero-order valence-corrected chi connectivity index (χ0v) is 16.1. The lowest BCUT2D eigenvalue weighted by Crippen LogP contribution is -2.45. The third kappa shape index (κ3) is 2.01. The van der Waals surface area contributed by atoms with Crippen LogP contribution in [0.3, 0.4) is 0 Å². The van der Waals surface area contributed by atoms with Crippen molar-refractivity contribution in [3.8, 4) is 6.07 Å². The molecule has 2 aliphatic carbocycles. The Balaban J connectivity index is 2.48. The minimum Gasteiger partial charge on any atom is -0.292 e. The monoisotopic (exact) mass is 343 g/mol. The van der Waals surface area contributed by atoms with Crippen LogP contribution in [0.4, 0.5) is 0 Å². The maximum atomic E-state index is 13.4. The van der Waals surface area contributed by atoms with Crippen molar-refractivity contribution >= 4 is 30.7 Å². The number of rotatable bonds is 1. The molecule has 0 aliphatic heterocycles. The van der Waals surface area contributed by atoms with E-state index in [1.165, 1.54) is 5.20 Å². The predicted molar refractivity (Wildman–Crippen MR) is 97.1 cm³/mol. The third-order valence-corrected chi connectivity index (χ3v) is 7.83. The standard InChI is InChI=1S/C19H22ClNOSi/c1-18(2)9-8-15-16(23(3,4)5)14-10-12(20)6-7-13(14)17(22)19(15,18)11-21/h6-7,10H,8-9H2,1-5H3. The summed E-state index contributed by atoms with van der Waals surface area (Å²) in [7, 11) is -1.75. The summed E-state index contributed by atoms with van der Waals surface area (Å²) < 4.78 is 0. The van der Waals surface area contributed by atoms with Crippen LogP contribution in [0.5, 0.6) is 0 Å². The fourth-order valence-corrected chi connectivity index (χ4v) is 6.79. The lowest BCUT2D eigenvalue weighted by molar-refractivity contribution is 0.0771. The zero-order chi connectivity index (χ0) is 17.2. The number of nitriles is 1. The molecular formula is C19H22ClNOSi. The van der Waals surface area contributed by atoms with Crippen molar-refractivity contribution in [1.82, 2.24) is 0 Å². The Morgan fingerprint density at radius 3 is 2.43 bits per heavy atom. The summed E-state index contributed by atoms with van der Waals surface area (Å²) >= 11 is 6.22. The maximum absolute atomic E-state index is 13.4. The zero-order valence-electron chi connectivity index (χ0n) is 14.4. The molecule has 0 N–H and O–H groups in total. The molecule has 0 amide bonds. The van der Waals surface area contributed by atoms with Gasteiger partial charge in [-0.05, 0) is 47.6 Å². The van der Waals surface area contributed by atoms with Crippen molar-refractivity contribution in [2.45, 2.75) is 46.3 Å². The predicted octanol–water partition coefficient (Wildman–Crippen LogP) is 5.50. The Labute approximate surface area is 144 Å². The number of hydrogen-bond acceptors (Lipinski definition) is 2. The van der Waals surface area contributed by atoms with Crippen LogP contribution < -0.4 is 0 Å². The summed E-state index contributed by atoms with van der Waals surface area (Å²) in [6.45, 7) is 11.0. The van der Waals surface area contributed by atoms with Gasteiger partial charge in [-0.2, -0.15) is 5.26 Å². The van der Waals surface area contributed by atoms with Crippen LogP contribution in [0.25, 0.3) is 5.20 Å². The first-order valence-corrected chi connectivity index (χ1v) is 11.9. The lowest BCUT2D eigenvalue weighted by atomic mass is 9.61. The van der Waals surface area contributed by atoms with E-state index in [1.807, 2.05) is 12.1 Å². The lowest BCUT2D eigenvalue weighted by Gasteiger charge is -2.41. The summed E-state index contributed by atoms with van der Waals surface area (Å²) in [5, 5.41) is 12.0. The second-order valence-electron chi connectivity index (χ2n) is 8.37. The molecule has 1 aromatic carbocycles. The quantitative estimate of drug-likeness (QED) is 0.632. The molecular weight excluding hydrogens is 322 g/mol. The largest absolute Gasteiger partial charge is 0.292 e. The first kappa shape index (κ1) is 16.5. The SMILES string of the molecule is CC1(C)CCC2=C([Si](C)(C)C)c3cc(Cl)ccc3C(=O)C21C#N. The van der Waals surface area contributed by atoms with Gasteiger partial charge in [-0.1, -0.05) is 50.3 Å². The molecule has 3 rings (SSSR count). The highest BCUT2D eigenvalue weighted by Gasteiger charge is 2.61. The van der Waals surface area contributed by atoms with Crippen molar-refractivity contribution in [3.05, 3.63) is 39.9 Å². The Morgan fingerprint density at radius 2 is 1.87 bits per heavy atom. The minimum atomic E-state index is -1.75. The molecule has 0 saturated heterocycles. The second-order valence-corrected chi connectivity index (χ2v) is 13.8. The molecule has 120 valence electrons. The summed E-state index contributed by atoms with van der Waals surface area (Å²) in [4.78, 5) is 13.4. The normalized spacial score (nSPS) is 25.9. The van der Waals surface area contributed by atoms with Gasteiger partial charge in [0.2, 0.25) is 0 Å². The van der Waals surface area contributed by atoms with Gasteiger partial charge >= 0.3 is 0 Å². The number of fused-ring (bicyclic) bond motifs is 2. The van der Waals surface area contributed by atoms with Crippen LogP contribution in [0.2, 0.25) is 24.7 Å². The van der Waals surface area contributed by atoms with Crippen molar-refractivity contribution in [3.63, 3.8) is 0 Å². The van der Waals surface area contributed by atoms with Gasteiger partial charge in [0.05, 0.1) is 14.1 Å². The average Bonchev–Trinajstić information content (AvgIpc) is 2.69. The van der Waals surface area contributed by atoms with Crippen LogP contribution in [0.1, 0.15) is 42.6 Å².